The summed E-state index contributed by atoms with van der Waals surface area (Å²) < 4.78 is 4.83. The van der Waals surface area contributed by atoms with Crippen LogP contribution in [0.3, 0.4) is 0 Å². The predicted octanol–water partition coefficient (Wildman–Crippen LogP) is 3.46. The molecule has 0 radical (unpaired) electrons. The molecular formula is C15H17Cl2NO3. The summed E-state index contributed by atoms with van der Waals surface area (Å²) in [5.74, 6) is -0.966. The second-order valence-electron chi connectivity index (χ2n) is 4.45. The van der Waals surface area contributed by atoms with E-state index in [9.17, 15) is 9.59 Å². The fourth-order valence-corrected chi connectivity index (χ4v) is 1.95. The molecule has 1 aromatic carbocycles. The van der Waals surface area contributed by atoms with Gasteiger partial charge in [-0.1, -0.05) is 36.2 Å². The summed E-state index contributed by atoms with van der Waals surface area (Å²) in [6.45, 7) is 3.51. The first kappa shape index (κ1) is 17.5. The second-order valence-corrected chi connectivity index (χ2v) is 5.27. The van der Waals surface area contributed by atoms with Crippen molar-refractivity contribution in [3.63, 3.8) is 0 Å². The minimum Gasteiger partial charge on any atom is -0.452 e. The number of benzene rings is 1. The minimum atomic E-state index is -0.634. The van der Waals surface area contributed by atoms with Crippen molar-refractivity contribution in [3.8, 4) is 0 Å². The number of halogens is 2. The Kier molecular flexibility index (Phi) is 7.26. The third-order valence-corrected chi connectivity index (χ3v) is 3.41. The quantitative estimate of drug-likeness (QED) is 0.642. The van der Waals surface area contributed by atoms with Gasteiger partial charge in [-0.2, -0.15) is 0 Å². The molecule has 0 aromatic heterocycles. The SMILES string of the molecule is CC[C@@H](C)NC(=O)COC(=O)/C=C/c1c(Cl)cccc1Cl. The van der Waals surface area contributed by atoms with Crippen LogP contribution in [0.5, 0.6) is 0 Å². The van der Waals surface area contributed by atoms with Crippen LogP contribution in [-0.2, 0) is 14.3 Å². The normalized spacial score (nSPS) is 12.2. The lowest BCUT2D eigenvalue weighted by molar-refractivity contribution is -0.144. The van der Waals surface area contributed by atoms with Crippen LogP contribution in [0.15, 0.2) is 24.3 Å². The van der Waals surface area contributed by atoms with Gasteiger partial charge in [-0.05, 0) is 31.6 Å². The van der Waals surface area contributed by atoms with Crippen molar-refractivity contribution in [1.82, 2.24) is 5.32 Å². The number of hydrogen-bond acceptors (Lipinski definition) is 3. The topological polar surface area (TPSA) is 55.4 Å². The maximum Gasteiger partial charge on any atom is 0.331 e. The van der Waals surface area contributed by atoms with E-state index in [0.717, 1.165) is 6.42 Å². The number of ether oxygens (including phenoxy) is 1. The molecule has 0 spiro atoms. The summed E-state index contributed by atoms with van der Waals surface area (Å²) in [5.41, 5.74) is 0.529. The first-order chi connectivity index (χ1) is 9.93. The lowest BCUT2D eigenvalue weighted by atomic mass is 10.2. The molecule has 21 heavy (non-hydrogen) atoms. The Balaban J connectivity index is 2.51. The van der Waals surface area contributed by atoms with Crippen LogP contribution in [0.4, 0.5) is 0 Å². The first-order valence-corrected chi connectivity index (χ1v) is 7.27. The van der Waals surface area contributed by atoms with Gasteiger partial charge in [0.05, 0.1) is 0 Å². The second kappa shape index (κ2) is 8.70. The molecule has 0 aliphatic carbocycles. The highest BCUT2D eigenvalue weighted by Gasteiger charge is 2.08. The van der Waals surface area contributed by atoms with Crippen LogP contribution in [0.1, 0.15) is 25.8 Å². The Bertz CT molecular complexity index is 523. The molecule has 1 atom stereocenters. The highest BCUT2D eigenvalue weighted by molar-refractivity contribution is 6.37. The molecule has 0 unspecified atom stereocenters. The maximum absolute atomic E-state index is 11.5. The van der Waals surface area contributed by atoms with Gasteiger partial charge in [0.25, 0.3) is 5.91 Å². The van der Waals surface area contributed by atoms with Gasteiger partial charge in [-0.25, -0.2) is 4.79 Å². The number of amides is 1. The molecule has 1 rings (SSSR count). The van der Waals surface area contributed by atoms with Crippen LogP contribution in [0.2, 0.25) is 10.0 Å². The Morgan fingerprint density at radius 1 is 1.33 bits per heavy atom. The molecular weight excluding hydrogens is 313 g/mol. The summed E-state index contributed by atoms with van der Waals surface area (Å²) in [4.78, 5) is 23.0. The third kappa shape index (κ3) is 6.19. The maximum atomic E-state index is 11.5. The standard InChI is InChI=1S/C15H17Cl2NO3/c1-3-10(2)18-14(19)9-21-15(20)8-7-11-12(16)5-4-6-13(11)17/h4-8,10H,3,9H2,1-2H3,(H,18,19)/b8-7+/t10-/m1/s1. The lowest BCUT2D eigenvalue weighted by Gasteiger charge is -2.10. The summed E-state index contributed by atoms with van der Waals surface area (Å²) in [6, 6.07) is 5.09. The first-order valence-electron chi connectivity index (χ1n) is 6.52. The van der Waals surface area contributed by atoms with Crippen LogP contribution >= 0.6 is 23.2 Å². The van der Waals surface area contributed by atoms with Crippen molar-refractivity contribution in [2.45, 2.75) is 26.3 Å². The molecule has 114 valence electrons. The average Bonchev–Trinajstić information content (AvgIpc) is 2.44. The van der Waals surface area contributed by atoms with E-state index in [0.29, 0.717) is 15.6 Å². The van der Waals surface area contributed by atoms with Crippen LogP contribution < -0.4 is 5.32 Å². The predicted molar refractivity (Wildman–Crippen MR) is 84.4 cm³/mol. The zero-order chi connectivity index (χ0) is 15.8. The van der Waals surface area contributed by atoms with Gasteiger partial charge in [0, 0.05) is 27.7 Å². The smallest absolute Gasteiger partial charge is 0.331 e. The lowest BCUT2D eigenvalue weighted by Crippen LogP contribution is -2.35. The Labute approximate surface area is 134 Å². The van der Waals surface area contributed by atoms with Gasteiger partial charge >= 0.3 is 5.97 Å². The van der Waals surface area contributed by atoms with E-state index in [2.05, 4.69) is 5.32 Å². The van der Waals surface area contributed by atoms with Gasteiger partial charge in [-0.15, -0.1) is 0 Å². The number of carbonyl (C=O) groups excluding carboxylic acids is 2. The van der Waals surface area contributed by atoms with Crippen LogP contribution in [0, 0.1) is 0 Å². The number of carbonyl (C=O) groups is 2. The zero-order valence-electron chi connectivity index (χ0n) is 11.9. The van der Waals surface area contributed by atoms with Crippen molar-refractivity contribution >= 4 is 41.2 Å². The molecule has 0 heterocycles. The van der Waals surface area contributed by atoms with Gasteiger partial charge in [-0.3, -0.25) is 4.79 Å². The van der Waals surface area contributed by atoms with Gasteiger partial charge in [0.15, 0.2) is 6.61 Å². The summed E-state index contributed by atoms with van der Waals surface area (Å²) >= 11 is 11.9. The molecule has 6 heteroatoms. The molecule has 1 amide bonds. The number of nitrogens with one attached hydrogen (secondary N) is 1. The molecule has 0 saturated heterocycles. The summed E-state index contributed by atoms with van der Waals surface area (Å²) in [6.07, 6.45) is 3.45. The molecule has 0 bridgehead atoms. The Morgan fingerprint density at radius 3 is 2.52 bits per heavy atom. The van der Waals surface area contributed by atoms with Crippen LogP contribution in [0.25, 0.3) is 6.08 Å². The van der Waals surface area contributed by atoms with Crippen molar-refractivity contribution in [2.24, 2.45) is 0 Å². The van der Waals surface area contributed by atoms with E-state index in [-0.39, 0.29) is 18.6 Å². The number of esters is 1. The van der Waals surface area contributed by atoms with Gasteiger partial charge in [0.2, 0.25) is 0 Å². The Morgan fingerprint density at radius 2 is 1.95 bits per heavy atom. The highest BCUT2D eigenvalue weighted by atomic mass is 35.5. The number of hydrogen-bond donors (Lipinski definition) is 1. The molecule has 0 saturated carbocycles. The van der Waals surface area contributed by atoms with Gasteiger partial charge in [0.1, 0.15) is 0 Å². The van der Waals surface area contributed by atoms with E-state index in [1.807, 2.05) is 13.8 Å². The van der Waals surface area contributed by atoms with Crippen molar-refractivity contribution in [3.05, 3.63) is 39.9 Å². The molecule has 0 aliphatic rings. The zero-order valence-corrected chi connectivity index (χ0v) is 13.4. The van der Waals surface area contributed by atoms with Crippen molar-refractivity contribution < 1.29 is 14.3 Å². The van der Waals surface area contributed by atoms with E-state index in [1.165, 1.54) is 12.2 Å². The summed E-state index contributed by atoms with van der Waals surface area (Å²) in [5, 5.41) is 3.56. The van der Waals surface area contributed by atoms with E-state index in [1.54, 1.807) is 18.2 Å². The monoisotopic (exact) mass is 329 g/mol. The Hall–Kier alpha value is -1.52. The van der Waals surface area contributed by atoms with E-state index < -0.39 is 5.97 Å². The minimum absolute atomic E-state index is 0.0497. The molecule has 0 aliphatic heterocycles. The average molecular weight is 330 g/mol. The van der Waals surface area contributed by atoms with Gasteiger partial charge < -0.3 is 10.1 Å². The third-order valence-electron chi connectivity index (χ3n) is 2.75. The molecule has 0 fully saturated rings. The fraction of sp³-hybridized carbons (Fsp3) is 0.333. The van der Waals surface area contributed by atoms with Crippen molar-refractivity contribution in [1.29, 1.82) is 0 Å². The van der Waals surface area contributed by atoms with E-state index >= 15 is 0 Å². The largest absolute Gasteiger partial charge is 0.452 e. The summed E-state index contributed by atoms with van der Waals surface area (Å²) in [7, 11) is 0. The van der Waals surface area contributed by atoms with E-state index in [4.69, 9.17) is 27.9 Å². The molecule has 4 nitrogen and oxygen atoms in total. The van der Waals surface area contributed by atoms with Crippen LogP contribution in [-0.4, -0.2) is 24.5 Å². The highest BCUT2D eigenvalue weighted by Crippen LogP contribution is 2.25. The molecule has 1 aromatic rings. The van der Waals surface area contributed by atoms with Crippen molar-refractivity contribution in [2.75, 3.05) is 6.61 Å². The number of rotatable bonds is 6. The fourth-order valence-electron chi connectivity index (χ4n) is 1.42. The molecule has 1 N–H and O–H groups in total.